The van der Waals surface area contributed by atoms with E-state index in [-0.39, 0.29) is 10.8 Å². The lowest BCUT2D eigenvalue weighted by Gasteiger charge is -2.31. The molecule has 2 aliphatic rings. The van der Waals surface area contributed by atoms with E-state index in [4.69, 9.17) is 4.74 Å². The predicted octanol–water partition coefficient (Wildman–Crippen LogP) is 1.23. The second-order valence-corrected chi connectivity index (χ2v) is 8.98. The topological polar surface area (TPSA) is 66.9 Å². The predicted molar refractivity (Wildman–Crippen MR) is 93.5 cm³/mol. The van der Waals surface area contributed by atoms with Gasteiger partial charge in [-0.25, -0.2) is 8.42 Å². The maximum atomic E-state index is 13.0. The van der Waals surface area contributed by atoms with Crippen LogP contribution in [0.3, 0.4) is 0 Å². The van der Waals surface area contributed by atoms with Crippen LogP contribution in [0.4, 0.5) is 0 Å². The third-order valence-corrected chi connectivity index (χ3v) is 7.56. The molecule has 1 aromatic rings. The molecule has 24 heavy (non-hydrogen) atoms. The van der Waals surface area contributed by atoms with Gasteiger partial charge < -0.3 is 9.64 Å². The molecular weight excluding hydrogens is 348 g/mol. The molecule has 0 saturated carbocycles. The molecule has 0 unspecified atom stereocenters. The molecule has 0 radical (unpaired) electrons. The number of carbonyl (C=O) groups is 1. The van der Waals surface area contributed by atoms with Gasteiger partial charge in [-0.2, -0.15) is 4.31 Å². The second-order valence-electron chi connectivity index (χ2n) is 6.09. The van der Waals surface area contributed by atoms with E-state index in [1.807, 2.05) is 19.9 Å². The monoisotopic (exact) mass is 370 g/mol. The molecule has 1 aromatic carbocycles. The molecule has 0 N–H and O–H groups in total. The van der Waals surface area contributed by atoms with Crippen LogP contribution in [0.2, 0.25) is 0 Å². The summed E-state index contributed by atoms with van der Waals surface area (Å²) in [6.07, 6.45) is 0. The standard InChI is InChI=1S/C16H22N2O4S2/c1-12-3-4-14(9-13(12)2)24(20,21)18-11-23-10-15(18)16(19)17-5-7-22-8-6-17/h3-4,9,15H,5-8,10-11H2,1-2H3/t15-/m0/s1. The Morgan fingerprint density at radius 2 is 1.92 bits per heavy atom. The average Bonchev–Trinajstić information content (AvgIpc) is 3.08. The van der Waals surface area contributed by atoms with E-state index in [1.165, 1.54) is 16.1 Å². The largest absolute Gasteiger partial charge is 0.378 e. The molecule has 6 nitrogen and oxygen atoms in total. The van der Waals surface area contributed by atoms with Crippen molar-refractivity contribution in [3.63, 3.8) is 0 Å². The smallest absolute Gasteiger partial charge is 0.244 e. The SMILES string of the molecule is Cc1ccc(S(=O)(=O)N2CSC[C@H]2C(=O)N2CCOCC2)cc1C. The molecule has 2 aliphatic heterocycles. The molecule has 132 valence electrons. The first-order chi connectivity index (χ1) is 11.4. The van der Waals surface area contributed by atoms with Crippen molar-refractivity contribution in [1.29, 1.82) is 0 Å². The van der Waals surface area contributed by atoms with E-state index in [0.717, 1.165) is 11.1 Å². The molecule has 0 bridgehead atoms. The van der Waals surface area contributed by atoms with E-state index in [0.29, 0.717) is 37.9 Å². The minimum Gasteiger partial charge on any atom is -0.378 e. The number of hydrogen-bond acceptors (Lipinski definition) is 5. The molecule has 2 saturated heterocycles. The van der Waals surface area contributed by atoms with Crippen LogP contribution in [0, 0.1) is 13.8 Å². The first-order valence-electron chi connectivity index (χ1n) is 7.94. The maximum Gasteiger partial charge on any atom is 0.244 e. The van der Waals surface area contributed by atoms with Gasteiger partial charge in [0.1, 0.15) is 6.04 Å². The highest BCUT2D eigenvalue weighted by Gasteiger charge is 2.41. The van der Waals surface area contributed by atoms with Crippen LogP contribution in [0.1, 0.15) is 11.1 Å². The number of hydrogen-bond donors (Lipinski definition) is 0. The number of aryl methyl sites for hydroxylation is 2. The van der Waals surface area contributed by atoms with Crippen LogP contribution < -0.4 is 0 Å². The Bertz CT molecular complexity index is 730. The lowest BCUT2D eigenvalue weighted by atomic mass is 10.1. The fourth-order valence-corrected chi connectivity index (χ4v) is 6.08. The summed E-state index contributed by atoms with van der Waals surface area (Å²) in [5.41, 5.74) is 1.98. The van der Waals surface area contributed by atoms with E-state index >= 15 is 0 Å². The van der Waals surface area contributed by atoms with Crippen molar-refractivity contribution < 1.29 is 17.9 Å². The van der Waals surface area contributed by atoms with Crippen molar-refractivity contribution in [2.75, 3.05) is 37.9 Å². The molecule has 0 aromatic heterocycles. The Morgan fingerprint density at radius 1 is 1.21 bits per heavy atom. The quantitative estimate of drug-likeness (QED) is 0.801. The Balaban J connectivity index is 1.85. The molecule has 0 aliphatic carbocycles. The molecule has 2 heterocycles. The highest BCUT2D eigenvalue weighted by molar-refractivity contribution is 8.00. The van der Waals surface area contributed by atoms with Gasteiger partial charge in [0.15, 0.2) is 0 Å². The molecule has 3 rings (SSSR count). The van der Waals surface area contributed by atoms with Crippen molar-refractivity contribution in [3.8, 4) is 0 Å². The van der Waals surface area contributed by atoms with Crippen LogP contribution in [-0.4, -0.2) is 67.5 Å². The lowest BCUT2D eigenvalue weighted by Crippen LogP contribution is -2.51. The Hall–Kier alpha value is -1.09. The highest BCUT2D eigenvalue weighted by Crippen LogP contribution is 2.30. The number of carbonyl (C=O) groups excluding carboxylic acids is 1. The normalized spacial score (nSPS) is 22.8. The molecule has 1 atom stereocenters. The molecule has 1 amide bonds. The molecule has 0 spiro atoms. The van der Waals surface area contributed by atoms with Gasteiger partial charge in [0.05, 0.1) is 24.0 Å². The van der Waals surface area contributed by atoms with Crippen LogP contribution in [0.25, 0.3) is 0 Å². The van der Waals surface area contributed by atoms with Crippen molar-refractivity contribution in [1.82, 2.24) is 9.21 Å². The first-order valence-corrected chi connectivity index (χ1v) is 10.5. The summed E-state index contributed by atoms with van der Waals surface area (Å²) in [4.78, 5) is 14.7. The third kappa shape index (κ3) is 3.33. The Labute approximate surface area is 147 Å². The van der Waals surface area contributed by atoms with Crippen LogP contribution in [0.5, 0.6) is 0 Å². The van der Waals surface area contributed by atoms with Crippen molar-refractivity contribution >= 4 is 27.7 Å². The second kappa shape index (κ2) is 7.03. The summed E-state index contributed by atoms with van der Waals surface area (Å²) in [5, 5.41) is 0. The maximum absolute atomic E-state index is 13.0. The number of amides is 1. The van der Waals surface area contributed by atoms with Crippen molar-refractivity contribution in [2.24, 2.45) is 0 Å². The van der Waals surface area contributed by atoms with Crippen LogP contribution in [0.15, 0.2) is 23.1 Å². The summed E-state index contributed by atoms with van der Waals surface area (Å²) in [5.74, 6) is 0.701. The van der Waals surface area contributed by atoms with Gasteiger partial charge in [0.2, 0.25) is 15.9 Å². The average molecular weight is 370 g/mol. The van der Waals surface area contributed by atoms with Crippen LogP contribution >= 0.6 is 11.8 Å². The summed E-state index contributed by atoms with van der Waals surface area (Å²) in [6.45, 7) is 5.91. The summed E-state index contributed by atoms with van der Waals surface area (Å²) < 4.78 is 32.6. The third-order valence-electron chi connectivity index (χ3n) is 4.53. The van der Waals surface area contributed by atoms with Gasteiger partial charge >= 0.3 is 0 Å². The van der Waals surface area contributed by atoms with Crippen molar-refractivity contribution in [3.05, 3.63) is 29.3 Å². The summed E-state index contributed by atoms with van der Waals surface area (Å²) in [7, 11) is -3.68. The zero-order chi connectivity index (χ0) is 17.3. The minimum atomic E-state index is -3.68. The highest BCUT2D eigenvalue weighted by atomic mass is 32.2. The number of nitrogens with zero attached hydrogens (tertiary/aromatic N) is 2. The Morgan fingerprint density at radius 3 is 2.58 bits per heavy atom. The number of rotatable bonds is 3. The molecule has 8 heteroatoms. The van der Waals surface area contributed by atoms with E-state index in [2.05, 4.69) is 0 Å². The fraction of sp³-hybridized carbons (Fsp3) is 0.562. The first kappa shape index (κ1) is 17.7. The van der Waals surface area contributed by atoms with E-state index in [9.17, 15) is 13.2 Å². The number of benzene rings is 1. The zero-order valence-corrected chi connectivity index (χ0v) is 15.5. The van der Waals surface area contributed by atoms with Crippen molar-refractivity contribution in [2.45, 2.75) is 24.8 Å². The summed E-state index contributed by atoms with van der Waals surface area (Å²) >= 11 is 1.48. The zero-order valence-electron chi connectivity index (χ0n) is 13.9. The number of thioether (sulfide) groups is 1. The van der Waals surface area contributed by atoms with Gasteiger partial charge in [-0.15, -0.1) is 11.8 Å². The Kier molecular flexibility index (Phi) is 5.19. The van der Waals surface area contributed by atoms with E-state index < -0.39 is 16.1 Å². The van der Waals surface area contributed by atoms with Gasteiger partial charge in [-0.05, 0) is 37.1 Å². The molecule has 2 fully saturated rings. The van der Waals surface area contributed by atoms with Gasteiger partial charge in [0, 0.05) is 18.8 Å². The summed E-state index contributed by atoms with van der Waals surface area (Å²) in [6, 6.07) is 4.49. The van der Waals surface area contributed by atoms with Gasteiger partial charge in [-0.3, -0.25) is 4.79 Å². The van der Waals surface area contributed by atoms with E-state index in [1.54, 1.807) is 17.0 Å². The fourth-order valence-electron chi connectivity index (χ4n) is 2.86. The number of morpholine rings is 1. The van der Waals surface area contributed by atoms with Gasteiger partial charge in [0.25, 0.3) is 0 Å². The number of ether oxygens (including phenoxy) is 1. The number of sulfonamides is 1. The lowest BCUT2D eigenvalue weighted by molar-refractivity contribution is -0.138. The van der Waals surface area contributed by atoms with Gasteiger partial charge in [-0.1, -0.05) is 6.07 Å². The van der Waals surface area contributed by atoms with Crippen LogP contribution in [-0.2, 0) is 19.6 Å². The molecular formula is C16H22N2O4S2. The minimum absolute atomic E-state index is 0.115.